The number of pyridine rings is 1. The lowest BCUT2D eigenvalue weighted by molar-refractivity contribution is -0.133. The van der Waals surface area contributed by atoms with Gasteiger partial charge < -0.3 is 4.90 Å². The quantitative estimate of drug-likeness (QED) is 0.344. The van der Waals surface area contributed by atoms with Gasteiger partial charge in [-0.25, -0.2) is 8.42 Å². The summed E-state index contributed by atoms with van der Waals surface area (Å²) in [5.41, 5.74) is 2.51. The van der Waals surface area contributed by atoms with Crippen molar-refractivity contribution in [2.45, 2.75) is 17.4 Å². The molecule has 0 radical (unpaired) electrons. The smallest absolute Gasteiger partial charge is 0.246 e. The van der Waals surface area contributed by atoms with E-state index in [2.05, 4.69) is 23.0 Å². The summed E-state index contributed by atoms with van der Waals surface area (Å²) >= 11 is 1.70. The number of thiophene rings is 1. The number of nitrogens with zero attached hydrogens (tertiary/aromatic N) is 3. The minimum atomic E-state index is -4.00. The molecule has 5 rings (SSSR count). The average Bonchev–Trinajstić information content (AvgIpc) is 3.37. The number of carbonyl (C=O) groups is 1. The van der Waals surface area contributed by atoms with Gasteiger partial charge in [0.15, 0.2) is 0 Å². The minimum Gasteiger partial charge on any atom is -0.330 e. The monoisotopic (exact) mass is 503 g/mol. The lowest BCUT2D eigenvalue weighted by atomic mass is 9.93. The Morgan fingerprint density at radius 3 is 2.71 bits per heavy atom. The summed E-state index contributed by atoms with van der Waals surface area (Å²) in [5.74, 6) is -0.241. The molecule has 4 aromatic rings. The highest BCUT2D eigenvalue weighted by Gasteiger charge is 2.35. The molecule has 3 heterocycles. The zero-order valence-electron chi connectivity index (χ0n) is 19.1. The molecule has 2 aromatic carbocycles. The predicted molar refractivity (Wildman–Crippen MR) is 139 cm³/mol. The van der Waals surface area contributed by atoms with Crippen LogP contribution in [-0.4, -0.2) is 48.1 Å². The highest BCUT2D eigenvalue weighted by molar-refractivity contribution is 7.89. The third-order valence-electron chi connectivity index (χ3n) is 6.26. The summed E-state index contributed by atoms with van der Waals surface area (Å²) in [4.78, 5) is 21.2. The Balaban J connectivity index is 1.49. The van der Waals surface area contributed by atoms with Gasteiger partial charge in [-0.05, 0) is 41.1 Å². The molecular weight excluding hydrogens is 478 g/mol. The van der Waals surface area contributed by atoms with Crippen LogP contribution in [0.4, 0.5) is 0 Å². The van der Waals surface area contributed by atoms with Crippen molar-refractivity contribution in [3.63, 3.8) is 0 Å². The number of rotatable bonds is 7. The molecule has 1 unspecified atom stereocenters. The molecule has 0 saturated heterocycles. The maximum absolute atomic E-state index is 13.7. The number of fused-ring (bicyclic) bond motifs is 2. The SMILES string of the molecule is C=CCN(CC(=O)N1CCc2sccc2C1c1ccccc1)S(=O)(=O)c1cccc2cccnc12. The van der Waals surface area contributed by atoms with Gasteiger partial charge in [0, 0.05) is 29.5 Å². The molecule has 1 aliphatic heterocycles. The first-order valence-electron chi connectivity index (χ1n) is 11.4. The fourth-order valence-corrected chi connectivity index (χ4v) is 7.07. The summed E-state index contributed by atoms with van der Waals surface area (Å²) in [6, 6.07) is 20.4. The number of hydrogen-bond donors (Lipinski definition) is 0. The van der Waals surface area contributed by atoms with E-state index in [0.29, 0.717) is 12.1 Å². The van der Waals surface area contributed by atoms with Crippen LogP contribution in [0.25, 0.3) is 10.9 Å². The minimum absolute atomic E-state index is 0.0187. The van der Waals surface area contributed by atoms with Crippen LogP contribution in [0, 0.1) is 0 Å². The van der Waals surface area contributed by atoms with Crippen molar-refractivity contribution in [1.82, 2.24) is 14.2 Å². The topological polar surface area (TPSA) is 70.6 Å². The molecule has 0 saturated carbocycles. The van der Waals surface area contributed by atoms with E-state index in [4.69, 9.17) is 0 Å². The van der Waals surface area contributed by atoms with E-state index in [9.17, 15) is 13.2 Å². The average molecular weight is 504 g/mol. The van der Waals surface area contributed by atoms with E-state index < -0.39 is 10.0 Å². The second-order valence-electron chi connectivity index (χ2n) is 8.37. The number of para-hydroxylation sites is 1. The summed E-state index contributed by atoms with van der Waals surface area (Å²) < 4.78 is 28.7. The first-order valence-corrected chi connectivity index (χ1v) is 13.7. The lowest BCUT2D eigenvalue weighted by Gasteiger charge is -2.37. The van der Waals surface area contributed by atoms with E-state index in [0.717, 1.165) is 22.9 Å². The molecule has 2 aromatic heterocycles. The Hall–Kier alpha value is -3.33. The van der Waals surface area contributed by atoms with Crippen LogP contribution in [-0.2, 0) is 21.2 Å². The zero-order chi connectivity index (χ0) is 24.4. The maximum atomic E-state index is 13.7. The fraction of sp³-hybridized carbons (Fsp3) is 0.185. The molecule has 35 heavy (non-hydrogen) atoms. The lowest BCUT2D eigenvalue weighted by Crippen LogP contribution is -2.46. The summed E-state index contributed by atoms with van der Waals surface area (Å²) in [6.07, 6.45) is 3.83. The van der Waals surface area contributed by atoms with E-state index in [1.165, 1.54) is 21.3 Å². The number of carbonyl (C=O) groups excluding carboxylic acids is 1. The Morgan fingerprint density at radius 1 is 1.11 bits per heavy atom. The van der Waals surface area contributed by atoms with Gasteiger partial charge in [0.2, 0.25) is 15.9 Å². The number of hydrogen-bond acceptors (Lipinski definition) is 5. The molecule has 0 aliphatic carbocycles. The van der Waals surface area contributed by atoms with Crippen LogP contribution < -0.4 is 0 Å². The normalized spacial score (nSPS) is 15.8. The van der Waals surface area contributed by atoms with E-state index in [-0.39, 0.29) is 29.9 Å². The van der Waals surface area contributed by atoms with Gasteiger partial charge in [0.25, 0.3) is 0 Å². The summed E-state index contributed by atoms with van der Waals surface area (Å²) in [5, 5.41) is 2.78. The second-order valence-corrected chi connectivity index (χ2v) is 11.3. The van der Waals surface area contributed by atoms with Crippen LogP contribution >= 0.6 is 11.3 Å². The van der Waals surface area contributed by atoms with Crippen LogP contribution in [0.2, 0.25) is 0 Å². The predicted octanol–water partition coefficient (Wildman–Crippen LogP) is 4.65. The van der Waals surface area contributed by atoms with Gasteiger partial charge in [0.05, 0.1) is 18.1 Å². The van der Waals surface area contributed by atoms with Crippen molar-refractivity contribution in [1.29, 1.82) is 0 Å². The largest absolute Gasteiger partial charge is 0.330 e. The van der Waals surface area contributed by atoms with Gasteiger partial charge >= 0.3 is 0 Å². The Kier molecular flexibility index (Phi) is 6.51. The Morgan fingerprint density at radius 2 is 1.91 bits per heavy atom. The van der Waals surface area contributed by atoms with Crippen LogP contribution in [0.15, 0.2) is 95.9 Å². The Labute approximate surface area is 209 Å². The first kappa shape index (κ1) is 23.4. The molecule has 0 fully saturated rings. The number of benzene rings is 2. The Bertz CT molecular complexity index is 1480. The van der Waals surface area contributed by atoms with Gasteiger partial charge in [-0.15, -0.1) is 17.9 Å². The van der Waals surface area contributed by atoms with Crippen LogP contribution in [0.5, 0.6) is 0 Å². The second kappa shape index (κ2) is 9.73. The fourth-order valence-electron chi connectivity index (χ4n) is 4.64. The van der Waals surface area contributed by atoms with E-state index in [1.807, 2.05) is 42.5 Å². The number of sulfonamides is 1. The summed E-state index contributed by atoms with van der Waals surface area (Å²) in [6.45, 7) is 4.00. The molecule has 1 aliphatic rings. The van der Waals surface area contributed by atoms with Crippen molar-refractivity contribution in [3.8, 4) is 0 Å². The number of aromatic nitrogens is 1. The highest BCUT2D eigenvalue weighted by Crippen LogP contribution is 2.38. The van der Waals surface area contributed by atoms with Crippen molar-refractivity contribution < 1.29 is 13.2 Å². The molecule has 0 spiro atoms. The van der Waals surface area contributed by atoms with Crippen molar-refractivity contribution in [3.05, 3.63) is 107 Å². The van der Waals surface area contributed by atoms with Crippen molar-refractivity contribution in [2.75, 3.05) is 19.6 Å². The standard InChI is InChI=1S/C27H25N3O3S2/c1-2-16-29(35(32,33)24-12-6-10-20-11-7-15-28-26(20)24)19-25(31)30-17-13-23-22(14-18-34-23)27(30)21-8-4-3-5-9-21/h2-12,14-15,18,27H,1,13,16-17,19H2. The zero-order valence-corrected chi connectivity index (χ0v) is 20.7. The van der Waals surface area contributed by atoms with Gasteiger partial charge in [0.1, 0.15) is 4.90 Å². The summed E-state index contributed by atoms with van der Waals surface area (Å²) in [7, 11) is -4.00. The first-order chi connectivity index (χ1) is 17.0. The molecule has 1 amide bonds. The molecule has 8 heteroatoms. The molecular formula is C27H25N3O3S2. The molecule has 178 valence electrons. The third-order valence-corrected chi connectivity index (χ3v) is 9.10. The van der Waals surface area contributed by atoms with E-state index >= 15 is 0 Å². The number of amides is 1. The molecule has 1 atom stereocenters. The van der Waals surface area contributed by atoms with Crippen molar-refractivity contribution in [2.24, 2.45) is 0 Å². The molecule has 0 N–H and O–H groups in total. The van der Waals surface area contributed by atoms with Gasteiger partial charge in [-0.1, -0.05) is 54.6 Å². The molecule has 6 nitrogen and oxygen atoms in total. The van der Waals surface area contributed by atoms with Crippen LogP contribution in [0.1, 0.15) is 22.0 Å². The van der Waals surface area contributed by atoms with Gasteiger partial charge in [-0.3, -0.25) is 9.78 Å². The van der Waals surface area contributed by atoms with Crippen LogP contribution in [0.3, 0.4) is 0 Å². The van der Waals surface area contributed by atoms with Crippen molar-refractivity contribution >= 4 is 38.2 Å². The van der Waals surface area contributed by atoms with Gasteiger partial charge in [-0.2, -0.15) is 4.31 Å². The maximum Gasteiger partial charge on any atom is 0.246 e. The molecule has 0 bridgehead atoms. The van der Waals surface area contributed by atoms with E-state index in [1.54, 1.807) is 34.6 Å². The third kappa shape index (κ3) is 4.40. The highest BCUT2D eigenvalue weighted by atomic mass is 32.2.